The molecule has 3 N–H and O–H groups in total. The minimum atomic E-state index is -1.00. The molecule has 1 aliphatic rings. The van der Waals surface area contributed by atoms with Gasteiger partial charge in [0.15, 0.2) is 12.5 Å². The van der Waals surface area contributed by atoms with Crippen LogP contribution in [0.2, 0.25) is 0 Å². The number of nitrogens with one attached hydrogen (secondary N) is 1. The molecule has 9 nitrogen and oxygen atoms in total. The molecule has 0 bridgehead atoms. The molecule has 2 aromatic carbocycles. The summed E-state index contributed by atoms with van der Waals surface area (Å²) in [6, 6.07) is 9.37. The summed E-state index contributed by atoms with van der Waals surface area (Å²) >= 11 is 0. The van der Waals surface area contributed by atoms with E-state index in [0.29, 0.717) is 17.5 Å². The molecule has 1 aliphatic carbocycles. The predicted molar refractivity (Wildman–Crippen MR) is 143 cm³/mol. The zero-order valence-electron chi connectivity index (χ0n) is 22.4. The van der Waals surface area contributed by atoms with Gasteiger partial charge in [-0.15, -0.1) is 4.73 Å². The van der Waals surface area contributed by atoms with E-state index in [9.17, 15) is 14.7 Å². The summed E-state index contributed by atoms with van der Waals surface area (Å²) in [6.45, 7) is 5.51. The summed E-state index contributed by atoms with van der Waals surface area (Å²) in [5.41, 5.74) is 6.41. The molecular weight excluding hydrogens is 488 g/mol. The van der Waals surface area contributed by atoms with E-state index in [4.69, 9.17) is 19.4 Å². The van der Waals surface area contributed by atoms with Gasteiger partial charge >= 0.3 is 5.97 Å². The molecule has 0 amide bonds. The Kier molecular flexibility index (Phi) is 8.83. The van der Waals surface area contributed by atoms with Crippen molar-refractivity contribution in [2.75, 3.05) is 27.1 Å². The van der Waals surface area contributed by atoms with Crippen molar-refractivity contribution < 1.29 is 29.3 Å². The Morgan fingerprint density at radius 1 is 1.13 bits per heavy atom. The van der Waals surface area contributed by atoms with E-state index in [2.05, 4.69) is 31.3 Å². The molecule has 4 rings (SSSR count). The van der Waals surface area contributed by atoms with Crippen LogP contribution in [0.5, 0.6) is 5.75 Å². The first-order valence-electron chi connectivity index (χ1n) is 13.0. The first kappa shape index (κ1) is 27.8. The van der Waals surface area contributed by atoms with Crippen LogP contribution in [0.4, 0.5) is 0 Å². The van der Waals surface area contributed by atoms with Gasteiger partial charge in [-0.2, -0.15) is 0 Å². The van der Waals surface area contributed by atoms with Crippen LogP contribution >= 0.6 is 0 Å². The van der Waals surface area contributed by atoms with E-state index >= 15 is 0 Å². The number of hydrogen-bond acceptors (Lipinski definition) is 8. The molecule has 204 valence electrons. The van der Waals surface area contributed by atoms with Gasteiger partial charge in [-0.05, 0) is 78.1 Å². The molecule has 9 heteroatoms. The van der Waals surface area contributed by atoms with Gasteiger partial charge in [-0.25, -0.2) is 4.79 Å². The zero-order chi connectivity index (χ0) is 27.4. The third-order valence-electron chi connectivity index (χ3n) is 7.15. The Balaban J connectivity index is 1.63. The number of ether oxygens (including phenoxy) is 2. The van der Waals surface area contributed by atoms with Gasteiger partial charge < -0.3 is 29.8 Å². The van der Waals surface area contributed by atoms with E-state index in [0.717, 1.165) is 36.0 Å². The van der Waals surface area contributed by atoms with Crippen molar-refractivity contribution in [2.24, 2.45) is 0 Å². The number of aliphatic hydroxyl groups excluding tert-OH is 2. The summed E-state index contributed by atoms with van der Waals surface area (Å²) in [4.78, 5) is 29.6. The Morgan fingerprint density at radius 3 is 2.37 bits per heavy atom. The van der Waals surface area contributed by atoms with Crippen molar-refractivity contribution in [2.45, 2.75) is 58.6 Å². The minimum absolute atomic E-state index is 0.100. The third-order valence-corrected chi connectivity index (χ3v) is 7.15. The van der Waals surface area contributed by atoms with E-state index in [1.807, 2.05) is 6.92 Å². The number of carbonyl (C=O) groups excluding carboxylic acids is 1. The fourth-order valence-electron chi connectivity index (χ4n) is 5.38. The molecule has 0 radical (unpaired) electrons. The number of fused-ring (bicyclic) bond motifs is 2. The molecule has 0 saturated carbocycles. The maximum Gasteiger partial charge on any atom is 0.358 e. The summed E-state index contributed by atoms with van der Waals surface area (Å²) < 4.78 is 11.5. The minimum Gasteiger partial charge on any atom is -0.465 e. The molecule has 0 fully saturated rings. The number of pyridine rings is 1. The Morgan fingerprint density at radius 2 is 1.79 bits per heavy atom. The van der Waals surface area contributed by atoms with Crippen LogP contribution in [0.3, 0.4) is 0 Å². The first-order chi connectivity index (χ1) is 18.3. The average molecular weight is 525 g/mol. The van der Waals surface area contributed by atoms with Crippen molar-refractivity contribution >= 4 is 16.9 Å². The highest BCUT2D eigenvalue weighted by Crippen LogP contribution is 2.34. The summed E-state index contributed by atoms with van der Waals surface area (Å²) in [6.07, 6.45) is 2.93. The van der Waals surface area contributed by atoms with E-state index in [1.54, 1.807) is 12.1 Å². The van der Waals surface area contributed by atoms with Crippen molar-refractivity contribution in [3.63, 3.8) is 0 Å². The smallest absolute Gasteiger partial charge is 0.358 e. The van der Waals surface area contributed by atoms with Crippen molar-refractivity contribution in [1.29, 1.82) is 0 Å². The summed E-state index contributed by atoms with van der Waals surface area (Å²) in [7, 11) is 1.46. The quantitative estimate of drug-likeness (QED) is 0.327. The Bertz CT molecular complexity index is 1350. The van der Waals surface area contributed by atoms with Crippen molar-refractivity contribution in [3.05, 3.63) is 74.1 Å². The van der Waals surface area contributed by atoms with Crippen molar-refractivity contribution in [3.8, 4) is 5.75 Å². The number of methoxy groups -OCH3 is 1. The molecule has 0 spiro atoms. The molecule has 38 heavy (non-hydrogen) atoms. The maximum absolute atomic E-state index is 12.6. The fourth-order valence-corrected chi connectivity index (χ4v) is 5.38. The molecule has 1 heterocycles. The SMILES string of the molecule is CCc1cc2c(cc1CC)CC(NCC(O)c1c(C)cc(OCOC)c3c1ccc(=O)n3OC(=O)CO)C2. The van der Waals surface area contributed by atoms with Gasteiger partial charge in [-0.3, -0.25) is 4.79 Å². The van der Waals surface area contributed by atoms with E-state index in [-0.39, 0.29) is 24.1 Å². The lowest BCUT2D eigenvalue weighted by molar-refractivity contribution is -0.147. The maximum atomic E-state index is 12.6. The van der Waals surface area contributed by atoms with E-state index in [1.165, 1.54) is 35.4 Å². The average Bonchev–Trinajstić information content (AvgIpc) is 3.32. The first-order valence-corrected chi connectivity index (χ1v) is 13.0. The number of rotatable bonds is 11. The molecular formula is C29H36N2O7. The van der Waals surface area contributed by atoms with Gasteiger partial charge in [0, 0.05) is 31.1 Å². The Hall–Kier alpha value is -3.24. The number of aliphatic hydroxyl groups is 2. The van der Waals surface area contributed by atoms with Gasteiger partial charge in [0.2, 0.25) is 0 Å². The lowest BCUT2D eigenvalue weighted by Gasteiger charge is -2.22. The highest BCUT2D eigenvalue weighted by atomic mass is 16.7. The van der Waals surface area contributed by atoms with Crippen LogP contribution in [0.15, 0.2) is 35.1 Å². The number of hydrogen-bond donors (Lipinski definition) is 3. The highest BCUT2D eigenvalue weighted by Gasteiger charge is 2.26. The van der Waals surface area contributed by atoms with Gasteiger partial charge in [0.1, 0.15) is 12.1 Å². The normalized spacial score (nSPS) is 14.1. The number of nitrogens with zero attached hydrogens (tertiary/aromatic N) is 1. The molecule has 1 unspecified atom stereocenters. The largest absolute Gasteiger partial charge is 0.465 e. The second-order valence-corrected chi connectivity index (χ2v) is 9.63. The standard InChI is InChI=1S/C29H36N2O7/c1-5-18-10-20-12-22(13-21(20)11-19(18)6-2)30-14-24(33)28-17(3)9-25(37-16-36-4)29-23(28)7-8-26(34)31(29)38-27(35)15-32/h7-11,22,24,30,32-33H,5-6,12-16H2,1-4H3. The highest BCUT2D eigenvalue weighted by molar-refractivity contribution is 5.90. The molecule has 3 aromatic rings. The number of aryl methyl sites for hydroxylation is 3. The number of carbonyl (C=O) groups is 1. The van der Waals surface area contributed by atoms with E-state index < -0.39 is 24.2 Å². The van der Waals surface area contributed by atoms with Crippen LogP contribution in [0, 0.1) is 6.92 Å². The van der Waals surface area contributed by atoms with Crippen LogP contribution in [-0.2, 0) is 35.2 Å². The lowest BCUT2D eigenvalue weighted by Crippen LogP contribution is -2.34. The van der Waals surface area contributed by atoms with Crippen molar-refractivity contribution in [1.82, 2.24) is 10.0 Å². The topological polar surface area (TPSA) is 119 Å². The summed E-state index contributed by atoms with van der Waals surface area (Å²) in [5, 5.41) is 24.5. The number of benzene rings is 2. The summed E-state index contributed by atoms with van der Waals surface area (Å²) in [5.74, 6) is -0.753. The second-order valence-electron chi connectivity index (χ2n) is 9.63. The molecule has 1 atom stereocenters. The Labute approximate surface area is 221 Å². The van der Waals surface area contributed by atoms with Gasteiger partial charge in [0.05, 0.1) is 6.10 Å². The molecule has 0 aliphatic heterocycles. The van der Waals surface area contributed by atoms with Crippen LogP contribution in [0.25, 0.3) is 10.9 Å². The monoisotopic (exact) mass is 524 g/mol. The number of aromatic nitrogens is 1. The van der Waals surface area contributed by atoms with Crippen LogP contribution in [-0.4, -0.2) is 54.0 Å². The van der Waals surface area contributed by atoms with Gasteiger partial charge in [-0.1, -0.05) is 26.0 Å². The zero-order valence-corrected chi connectivity index (χ0v) is 22.4. The molecule has 0 saturated heterocycles. The van der Waals surface area contributed by atoms with Crippen LogP contribution < -0.4 is 20.5 Å². The second kappa shape index (κ2) is 12.1. The fraction of sp³-hybridized carbons (Fsp3) is 0.448. The molecule has 1 aromatic heterocycles. The van der Waals surface area contributed by atoms with Gasteiger partial charge in [0.25, 0.3) is 5.56 Å². The van der Waals surface area contributed by atoms with Crippen LogP contribution in [0.1, 0.15) is 53.3 Å². The lowest BCUT2D eigenvalue weighted by atomic mass is 9.96. The third kappa shape index (κ3) is 5.61. The predicted octanol–water partition coefficient (Wildman–Crippen LogP) is 2.16.